The van der Waals surface area contributed by atoms with Gasteiger partial charge in [-0.1, -0.05) is 15.9 Å². The van der Waals surface area contributed by atoms with E-state index in [1.54, 1.807) is 6.07 Å². The highest BCUT2D eigenvalue weighted by atomic mass is 79.9. The van der Waals surface area contributed by atoms with Crippen molar-refractivity contribution in [1.29, 1.82) is 0 Å². The first-order valence-corrected chi connectivity index (χ1v) is 6.83. The van der Waals surface area contributed by atoms with Gasteiger partial charge in [-0.15, -0.1) is 0 Å². The Labute approximate surface area is 118 Å². The fourth-order valence-corrected chi connectivity index (χ4v) is 2.42. The van der Waals surface area contributed by atoms with Crippen molar-refractivity contribution >= 4 is 33.2 Å². The normalized spacial score (nSPS) is 18.9. The highest BCUT2D eigenvalue weighted by Gasteiger charge is 2.23. The predicted octanol–water partition coefficient (Wildman–Crippen LogP) is 2.30. The first-order chi connectivity index (χ1) is 9.08. The van der Waals surface area contributed by atoms with Crippen LogP contribution in [0, 0.1) is 16.0 Å². The number of piperidine rings is 1. The van der Waals surface area contributed by atoms with Crippen molar-refractivity contribution in [3.63, 3.8) is 0 Å². The summed E-state index contributed by atoms with van der Waals surface area (Å²) in [5.41, 5.74) is 0.135. The molecule has 7 heteroatoms. The maximum absolute atomic E-state index is 12.0. The van der Waals surface area contributed by atoms with E-state index in [4.69, 9.17) is 0 Å². The van der Waals surface area contributed by atoms with Gasteiger partial charge in [0.2, 0.25) is 5.91 Å². The number of hydrogen-bond acceptors (Lipinski definition) is 4. The van der Waals surface area contributed by atoms with Gasteiger partial charge >= 0.3 is 0 Å². The number of amides is 1. The monoisotopic (exact) mass is 327 g/mol. The number of nitro benzene ring substituents is 1. The van der Waals surface area contributed by atoms with Crippen LogP contribution in [0.1, 0.15) is 12.8 Å². The molecule has 1 aromatic rings. The van der Waals surface area contributed by atoms with Crippen molar-refractivity contribution in [2.24, 2.45) is 5.92 Å². The molecule has 0 spiro atoms. The summed E-state index contributed by atoms with van der Waals surface area (Å²) in [6.45, 7) is 1.54. The fourth-order valence-electron chi connectivity index (χ4n) is 2.07. The highest BCUT2D eigenvalue weighted by Crippen LogP contribution is 2.28. The molecule has 1 atom stereocenters. The van der Waals surface area contributed by atoms with Gasteiger partial charge in [-0.3, -0.25) is 14.9 Å². The number of nitro groups is 1. The second-order valence-corrected chi connectivity index (χ2v) is 5.37. The predicted molar refractivity (Wildman–Crippen MR) is 75.0 cm³/mol. The summed E-state index contributed by atoms with van der Waals surface area (Å²) in [6, 6.07) is 4.59. The number of nitrogens with one attached hydrogen (secondary N) is 2. The molecule has 0 bridgehead atoms. The first-order valence-electron chi connectivity index (χ1n) is 6.03. The summed E-state index contributed by atoms with van der Waals surface area (Å²) >= 11 is 3.18. The fraction of sp³-hybridized carbons (Fsp3) is 0.417. The van der Waals surface area contributed by atoms with Crippen molar-refractivity contribution in [1.82, 2.24) is 5.32 Å². The molecule has 19 heavy (non-hydrogen) atoms. The molecule has 0 saturated carbocycles. The van der Waals surface area contributed by atoms with Gasteiger partial charge < -0.3 is 10.6 Å². The first kappa shape index (κ1) is 14.0. The van der Waals surface area contributed by atoms with Gasteiger partial charge in [0.15, 0.2) is 0 Å². The molecule has 1 saturated heterocycles. The third-order valence-corrected chi connectivity index (χ3v) is 3.58. The van der Waals surface area contributed by atoms with Gasteiger partial charge in [-0.05, 0) is 31.5 Å². The summed E-state index contributed by atoms with van der Waals surface area (Å²) in [6.07, 6.45) is 1.75. The molecule has 1 aliphatic rings. The summed E-state index contributed by atoms with van der Waals surface area (Å²) in [5.74, 6) is -0.297. The molecule has 1 unspecified atom stereocenters. The average Bonchev–Trinajstić information content (AvgIpc) is 2.41. The van der Waals surface area contributed by atoms with Gasteiger partial charge in [0.25, 0.3) is 5.69 Å². The van der Waals surface area contributed by atoms with Crippen molar-refractivity contribution < 1.29 is 9.72 Å². The van der Waals surface area contributed by atoms with Crippen molar-refractivity contribution in [3.8, 4) is 0 Å². The van der Waals surface area contributed by atoms with Crippen molar-refractivity contribution in [2.75, 3.05) is 18.4 Å². The largest absolute Gasteiger partial charge is 0.320 e. The minimum absolute atomic E-state index is 0.105. The van der Waals surface area contributed by atoms with E-state index < -0.39 is 4.92 Å². The summed E-state index contributed by atoms with van der Waals surface area (Å²) in [4.78, 5) is 22.5. The molecule has 1 fully saturated rings. The lowest BCUT2D eigenvalue weighted by Gasteiger charge is -2.21. The molecule has 102 valence electrons. The van der Waals surface area contributed by atoms with Gasteiger partial charge in [0, 0.05) is 17.1 Å². The van der Waals surface area contributed by atoms with Crippen LogP contribution in [0.3, 0.4) is 0 Å². The maximum Gasteiger partial charge on any atom is 0.293 e. The van der Waals surface area contributed by atoms with Gasteiger partial charge in [-0.2, -0.15) is 0 Å². The number of benzene rings is 1. The highest BCUT2D eigenvalue weighted by molar-refractivity contribution is 9.10. The molecular weight excluding hydrogens is 314 g/mol. The Morgan fingerprint density at radius 3 is 2.95 bits per heavy atom. The number of anilines is 1. The third kappa shape index (κ3) is 3.51. The number of hydrogen-bond donors (Lipinski definition) is 2. The smallest absolute Gasteiger partial charge is 0.293 e. The molecule has 2 N–H and O–H groups in total. The second-order valence-electron chi connectivity index (χ2n) is 4.45. The van der Waals surface area contributed by atoms with Crippen LogP contribution < -0.4 is 10.6 Å². The van der Waals surface area contributed by atoms with E-state index in [-0.39, 0.29) is 23.2 Å². The molecule has 1 heterocycles. The van der Waals surface area contributed by atoms with E-state index >= 15 is 0 Å². The summed E-state index contributed by atoms with van der Waals surface area (Å²) < 4.78 is 0.608. The number of nitrogens with zero attached hydrogens (tertiary/aromatic N) is 1. The third-order valence-electron chi connectivity index (χ3n) is 3.08. The van der Waals surface area contributed by atoms with Crippen LogP contribution in [0.4, 0.5) is 11.4 Å². The van der Waals surface area contributed by atoms with Crippen LogP contribution in [0.2, 0.25) is 0 Å². The van der Waals surface area contributed by atoms with Crippen LogP contribution >= 0.6 is 15.9 Å². The molecule has 0 radical (unpaired) electrons. The summed E-state index contributed by atoms with van der Waals surface area (Å²) in [5, 5.41) is 16.7. The Bertz CT molecular complexity index is 501. The minimum atomic E-state index is -0.501. The van der Waals surface area contributed by atoms with E-state index in [0.29, 0.717) is 11.0 Å². The van der Waals surface area contributed by atoms with Crippen LogP contribution in [0.15, 0.2) is 22.7 Å². The Morgan fingerprint density at radius 2 is 2.32 bits per heavy atom. The van der Waals surface area contributed by atoms with E-state index in [1.165, 1.54) is 12.1 Å². The maximum atomic E-state index is 12.0. The minimum Gasteiger partial charge on any atom is -0.320 e. The zero-order valence-corrected chi connectivity index (χ0v) is 11.8. The zero-order valence-electron chi connectivity index (χ0n) is 10.2. The van der Waals surface area contributed by atoms with Gasteiger partial charge in [-0.25, -0.2) is 0 Å². The Balaban J connectivity index is 2.13. The Morgan fingerprint density at radius 1 is 1.53 bits per heavy atom. The summed E-state index contributed by atoms with van der Waals surface area (Å²) in [7, 11) is 0. The molecule has 6 nitrogen and oxygen atoms in total. The van der Waals surface area contributed by atoms with Crippen LogP contribution in [-0.4, -0.2) is 23.9 Å². The SMILES string of the molecule is O=C(Nc1ccc(Br)cc1[N+](=O)[O-])C1CCCNC1. The Hall–Kier alpha value is -1.47. The topological polar surface area (TPSA) is 84.3 Å². The lowest BCUT2D eigenvalue weighted by atomic mass is 9.99. The number of carbonyl (C=O) groups excluding carboxylic acids is 1. The van der Waals surface area contributed by atoms with Gasteiger partial charge in [0.1, 0.15) is 5.69 Å². The van der Waals surface area contributed by atoms with Crippen LogP contribution in [-0.2, 0) is 4.79 Å². The molecule has 0 aliphatic carbocycles. The molecular formula is C12H14BrN3O3. The Kier molecular flexibility index (Phi) is 4.49. The van der Waals surface area contributed by atoms with Crippen LogP contribution in [0.5, 0.6) is 0 Å². The van der Waals surface area contributed by atoms with E-state index in [9.17, 15) is 14.9 Å². The number of rotatable bonds is 3. The number of carbonyl (C=O) groups is 1. The molecule has 1 aromatic carbocycles. The molecule has 2 rings (SSSR count). The van der Waals surface area contributed by atoms with E-state index in [1.807, 2.05) is 0 Å². The van der Waals surface area contributed by atoms with E-state index in [2.05, 4.69) is 26.6 Å². The van der Waals surface area contributed by atoms with Crippen LogP contribution in [0.25, 0.3) is 0 Å². The van der Waals surface area contributed by atoms with E-state index in [0.717, 1.165) is 19.4 Å². The second kappa shape index (κ2) is 6.12. The average molecular weight is 328 g/mol. The number of halogens is 1. The quantitative estimate of drug-likeness (QED) is 0.659. The standard InChI is InChI=1S/C12H14BrN3O3/c13-9-3-4-10(11(6-9)16(18)19)15-12(17)8-2-1-5-14-7-8/h3-4,6,8,14H,1-2,5,7H2,(H,15,17). The lowest BCUT2D eigenvalue weighted by molar-refractivity contribution is -0.384. The van der Waals surface area contributed by atoms with Crippen molar-refractivity contribution in [2.45, 2.75) is 12.8 Å². The van der Waals surface area contributed by atoms with Crippen molar-refractivity contribution in [3.05, 3.63) is 32.8 Å². The molecule has 1 aliphatic heterocycles. The lowest BCUT2D eigenvalue weighted by Crippen LogP contribution is -2.37. The molecule has 0 aromatic heterocycles. The zero-order chi connectivity index (χ0) is 13.8. The molecule has 1 amide bonds. The van der Waals surface area contributed by atoms with Gasteiger partial charge in [0.05, 0.1) is 10.8 Å².